The highest BCUT2D eigenvalue weighted by atomic mass is 35.5. The largest absolute Gasteiger partial charge is 0.330 e. The lowest BCUT2D eigenvalue weighted by Gasteiger charge is -2.39. The molecule has 1 aliphatic carbocycles. The van der Waals surface area contributed by atoms with Crippen LogP contribution < -0.4 is 5.73 Å². The molecule has 0 spiro atoms. The maximum absolute atomic E-state index is 6.40. The average Bonchev–Trinajstić information content (AvgIpc) is 2.44. The summed E-state index contributed by atoms with van der Waals surface area (Å²) in [4.78, 5) is 0. The van der Waals surface area contributed by atoms with Crippen molar-refractivity contribution in [3.63, 3.8) is 0 Å². The first-order valence-corrected chi connectivity index (χ1v) is 8.74. The maximum Gasteiger partial charge on any atom is 0.0627 e. The fourth-order valence-corrected chi connectivity index (χ4v) is 4.22. The van der Waals surface area contributed by atoms with Crippen LogP contribution in [0.25, 0.3) is 0 Å². The summed E-state index contributed by atoms with van der Waals surface area (Å²) in [6.07, 6.45) is 5.07. The van der Waals surface area contributed by atoms with Gasteiger partial charge < -0.3 is 5.73 Å². The van der Waals surface area contributed by atoms with Crippen molar-refractivity contribution < 1.29 is 0 Å². The minimum Gasteiger partial charge on any atom is -0.330 e. The molecule has 21 heavy (non-hydrogen) atoms. The van der Waals surface area contributed by atoms with Gasteiger partial charge in [-0.15, -0.1) is 0 Å². The summed E-state index contributed by atoms with van der Waals surface area (Å²) in [5, 5.41) is 1.32. The van der Waals surface area contributed by atoms with E-state index in [4.69, 9.17) is 28.9 Å². The zero-order valence-electron chi connectivity index (χ0n) is 13.3. The van der Waals surface area contributed by atoms with Gasteiger partial charge in [0.25, 0.3) is 0 Å². The van der Waals surface area contributed by atoms with Crippen LogP contribution >= 0.6 is 23.2 Å². The molecule has 3 heteroatoms. The van der Waals surface area contributed by atoms with E-state index in [1.165, 1.54) is 25.7 Å². The van der Waals surface area contributed by atoms with Crippen molar-refractivity contribution in [2.45, 2.75) is 52.4 Å². The van der Waals surface area contributed by atoms with E-state index in [1.807, 2.05) is 12.1 Å². The van der Waals surface area contributed by atoms with Crippen molar-refractivity contribution in [1.29, 1.82) is 0 Å². The van der Waals surface area contributed by atoms with Crippen LogP contribution in [0.3, 0.4) is 0 Å². The second-order valence-corrected chi connectivity index (χ2v) is 8.25. The van der Waals surface area contributed by atoms with Crippen LogP contribution in [0, 0.1) is 17.3 Å². The Labute approximate surface area is 139 Å². The van der Waals surface area contributed by atoms with Gasteiger partial charge in [0.1, 0.15) is 0 Å². The molecule has 0 saturated heterocycles. The Morgan fingerprint density at radius 2 is 1.76 bits per heavy atom. The predicted molar refractivity (Wildman–Crippen MR) is 93.2 cm³/mol. The first-order chi connectivity index (χ1) is 9.84. The molecule has 0 amide bonds. The number of rotatable bonds is 3. The molecule has 0 aromatic heterocycles. The van der Waals surface area contributed by atoms with Crippen molar-refractivity contribution in [2.75, 3.05) is 6.54 Å². The fraction of sp³-hybridized carbons (Fsp3) is 0.667. The molecule has 1 saturated carbocycles. The van der Waals surface area contributed by atoms with E-state index in [0.717, 1.165) is 11.5 Å². The normalized spacial score (nSPS) is 24.9. The van der Waals surface area contributed by atoms with E-state index in [9.17, 15) is 0 Å². The fourth-order valence-electron chi connectivity index (χ4n) is 3.77. The third-order valence-electron chi connectivity index (χ3n) is 5.20. The van der Waals surface area contributed by atoms with E-state index >= 15 is 0 Å². The molecule has 1 aromatic carbocycles. The summed E-state index contributed by atoms with van der Waals surface area (Å²) in [7, 11) is 0. The molecule has 2 rings (SSSR count). The Balaban J connectivity index is 2.12. The molecular formula is C18H27Cl2N. The Bertz CT molecular complexity index is 471. The first kappa shape index (κ1) is 17.1. The Morgan fingerprint density at radius 3 is 2.29 bits per heavy atom. The van der Waals surface area contributed by atoms with Gasteiger partial charge in [0.15, 0.2) is 0 Å². The second kappa shape index (κ2) is 6.89. The van der Waals surface area contributed by atoms with E-state index in [-0.39, 0.29) is 0 Å². The van der Waals surface area contributed by atoms with Gasteiger partial charge in [-0.1, -0.05) is 56.1 Å². The third-order valence-corrected chi connectivity index (χ3v) is 6.03. The van der Waals surface area contributed by atoms with Gasteiger partial charge in [0, 0.05) is 5.92 Å². The van der Waals surface area contributed by atoms with Crippen LogP contribution in [0.1, 0.15) is 57.9 Å². The van der Waals surface area contributed by atoms with Gasteiger partial charge in [0.2, 0.25) is 0 Å². The van der Waals surface area contributed by atoms with Gasteiger partial charge in [-0.2, -0.15) is 0 Å². The number of benzene rings is 1. The van der Waals surface area contributed by atoms with Crippen molar-refractivity contribution >= 4 is 23.2 Å². The maximum atomic E-state index is 6.40. The van der Waals surface area contributed by atoms with Crippen LogP contribution in [-0.4, -0.2) is 6.54 Å². The van der Waals surface area contributed by atoms with Crippen molar-refractivity contribution in [2.24, 2.45) is 23.0 Å². The van der Waals surface area contributed by atoms with Crippen LogP contribution in [0.5, 0.6) is 0 Å². The molecule has 1 nitrogen and oxygen atoms in total. The van der Waals surface area contributed by atoms with Crippen LogP contribution in [0.2, 0.25) is 10.0 Å². The van der Waals surface area contributed by atoms with Gasteiger partial charge >= 0.3 is 0 Å². The molecule has 0 bridgehead atoms. The van der Waals surface area contributed by atoms with E-state index < -0.39 is 0 Å². The lowest BCUT2D eigenvalue weighted by atomic mass is 9.66. The zero-order valence-corrected chi connectivity index (χ0v) is 14.8. The number of hydrogen-bond acceptors (Lipinski definition) is 1. The van der Waals surface area contributed by atoms with Gasteiger partial charge in [-0.05, 0) is 61.1 Å². The number of nitrogens with two attached hydrogens (primary N) is 1. The Kier molecular flexibility index (Phi) is 5.62. The second-order valence-electron chi connectivity index (χ2n) is 7.46. The Hall–Kier alpha value is -0.240. The molecule has 1 aromatic rings. The lowest BCUT2D eigenvalue weighted by Crippen LogP contribution is -2.30. The standard InChI is InChI=1S/C18H27Cl2N/c1-18(2,3)13-9-7-12(8-10-13)15(11-21)14-5-4-6-16(19)17(14)20/h4-6,12-13,15H,7-11,21H2,1-3H3. The van der Waals surface area contributed by atoms with Crippen molar-refractivity contribution in [1.82, 2.24) is 0 Å². The smallest absolute Gasteiger partial charge is 0.0627 e. The van der Waals surface area contributed by atoms with Gasteiger partial charge in [-0.25, -0.2) is 0 Å². The highest BCUT2D eigenvalue weighted by Crippen LogP contribution is 2.45. The lowest BCUT2D eigenvalue weighted by molar-refractivity contribution is 0.140. The minimum atomic E-state index is 0.331. The van der Waals surface area contributed by atoms with Crippen molar-refractivity contribution in [3.8, 4) is 0 Å². The summed E-state index contributed by atoms with van der Waals surface area (Å²) in [5.41, 5.74) is 7.62. The topological polar surface area (TPSA) is 26.0 Å². The predicted octanol–water partition coefficient (Wildman–Crippen LogP) is 5.89. The van der Waals surface area contributed by atoms with Crippen molar-refractivity contribution in [3.05, 3.63) is 33.8 Å². The molecule has 0 aliphatic heterocycles. The molecule has 0 heterocycles. The highest BCUT2D eigenvalue weighted by molar-refractivity contribution is 6.42. The molecule has 1 unspecified atom stereocenters. The Morgan fingerprint density at radius 1 is 1.14 bits per heavy atom. The SMILES string of the molecule is CC(C)(C)C1CCC(C(CN)c2cccc(Cl)c2Cl)CC1. The quantitative estimate of drug-likeness (QED) is 0.736. The van der Waals surface area contributed by atoms with Gasteiger partial charge in [0.05, 0.1) is 10.0 Å². The minimum absolute atomic E-state index is 0.331. The first-order valence-electron chi connectivity index (χ1n) is 7.98. The molecule has 0 radical (unpaired) electrons. The van der Waals surface area contributed by atoms with Gasteiger partial charge in [-0.3, -0.25) is 0 Å². The summed E-state index contributed by atoms with van der Waals surface area (Å²) >= 11 is 12.6. The summed E-state index contributed by atoms with van der Waals surface area (Å²) in [6.45, 7) is 7.70. The molecular weight excluding hydrogens is 301 g/mol. The molecule has 1 fully saturated rings. The summed E-state index contributed by atoms with van der Waals surface area (Å²) < 4.78 is 0. The van der Waals surface area contributed by atoms with E-state index in [0.29, 0.717) is 33.8 Å². The highest BCUT2D eigenvalue weighted by Gasteiger charge is 2.33. The average molecular weight is 328 g/mol. The number of halogens is 2. The van der Waals surface area contributed by atoms with Crippen LogP contribution in [0.15, 0.2) is 18.2 Å². The molecule has 1 atom stereocenters. The summed E-state index contributed by atoms with van der Waals surface area (Å²) in [5.74, 6) is 1.78. The van der Waals surface area contributed by atoms with Crippen LogP contribution in [0.4, 0.5) is 0 Å². The van der Waals surface area contributed by atoms with Crippen LogP contribution in [-0.2, 0) is 0 Å². The molecule has 1 aliphatic rings. The van der Waals surface area contributed by atoms with E-state index in [2.05, 4.69) is 26.8 Å². The monoisotopic (exact) mass is 327 g/mol. The molecule has 2 N–H and O–H groups in total. The van der Waals surface area contributed by atoms with E-state index in [1.54, 1.807) is 0 Å². The summed E-state index contributed by atoms with van der Waals surface area (Å²) in [6, 6.07) is 5.91. The zero-order chi connectivity index (χ0) is 15.6. The number of hydrogen-bond donors (Lipinski definition) is 1. The molecule has 118 valence electrons. The third kappa shape index (κ3) is 3.94.